The number of thiocarbonyl (C=S) groups is 1. The smallest absolute Gasteiger partial charge is 0.331 e. The summed E-state index contributed by atoms with van der Waals surface area (Å²) < 4.78 is 1.89. The number of nitrogens with zero attached hydrogens (tertiary/aromatic N) is 2. The summed E-state index contributed by atoms with van der Waals surface area (Å²) in [5.74, 6) is 0.680. The number of hydrogen-bond donors (Lipinski definition) is 3. The average molecular weight is 385 g/mol. The van der Waals surface area contributed by atoms with Gasteiger partial charge in [-0.1, -0.05) is 18.2 Å². The van der Waals surface area contributed by atoms with Gasteiger partial charge >= 0.3 is 10.7 Å². The first-order valence-corrected chi connectivity index (χ1v) is 9.12. The number of aryl methyl sites for hydroxylation is 2. The second kappa shape index (κ2) is 8.03. The Morgan fingerprint density at radius 2 is 1.92 bits per heavy atom. The lowest BCUT2D eigenvalue weighted by Crippen LogP contribution is -2.33. The number of aromatic nitrogens is 2. The standard InChI is InChI=1S/C18H17N5OS2/c1-12-8-13(2)11-23(10-12)16-15(26-18(24)21-16)9-19-22-17(25)20-14-6-4-3-5-7-14/h3-11H,1-2H3,(H2-,19,20,21,22,24,25)/p+1. The molecule has 0 radical (unpaired) electrons. The minimum Gasteiger partial charge on any atom is -0.331 e. The van der Waals surface area contributed by atoms with Crippen molar-refractivity contribution in [2.75, 3.05) is 5.32 Å². The van der Waals surface area contributed by atoms with Crippen molar-refractivity contribution >= 4 is 40.6 Å². The molecule has 132 valence electrons. The minimum absolute atomic E-state index is 0.141. The number of benzene rings is 1. The number of nitrogens with one attached hydrogen (secondary N) is 3. The number of rotatable bonds is 4. The molecule has 0 spiro atoms. The highest BCUT2D eigenvalue weighted by molar-refractivity contribution is 7.80. The molecular formula is C18H18N5OS2+. The fourth-order valence-corrected chi connectivity index (χ4v) is 3.36. The van der Waals surface area contributed by atoms with Gasteiger partial charge in [-0.3, -0.25) is 5.43 Å². The third-order valence-electron chi connectivity index (χ3n) is 3.44. The van der Waals surface area contributed by atoms with Gasteiger partial charge in [-0.05, 0) is 66.7 Å². The first-order chi connectivity index (χ1) is 12.5. The molecule has 0 amide bonds. The largest absolute Gasteiger partial charge is 0.390 e. The third kappa shape index (κ3) is 4.62. The van der Waals surface area contributed by atoms with Crippen molar-refractivity contribution < 1.29 is 4.57 Å². The van der Waals surface area contributed by atoms with Crippen LogP contribution >= 0.6 is 23.6 Å². The van der Waals surface area contributed by atoms with E-state index in [0.717, 1.165) is 28.2 Å². The van der Waals surface area contributed by atoms with Crippen molar-refractivity contribution in [2.45, 2.75) is 13.8 Å². The summed E-state index contributed by atoms with van der Waals surface area (Å²) in [6, 6.07) is 11.6. The molecular weight excluding hydrogens is 366 g/mol. The number of anilines is 1. The van der Waals surface area contributed by atoms with Gasteiger partial charge < -0.3 is 5.32 Å². The molecule has 0 aliphatic heterocycles. The van der Waals surface area contributed by atoms with Gasteiger partial charge in [0.05, 0.1) is 18.6 Å². The molecule has 0 saturated heterocycles. The molecule has 2 heterocycles. The molecule has 0 aliphatic carbocycles. The molecule has 3 aromatic rings. The van der Waals surface area contributed by atoms with Crippen molar-refractivity contribution in [1.82, 2.24) is 10.4 Å². The lowest BCUT2D eigenvalue weighted by molar-refractivity contribution is -0.600. The summed E-state index contributed by atoms with van der Waals surface area (Å²) in [4.78, 5) is 15.2. The van der Waals surface area contributed by atoms with E-state index in [9.17, 15) is 4.79 Å². The summed E-state index contributed by atoms with van der Waals surface area (Å²) in [5.41, 5.74) is 5.84. The number of hydrogen-bond acceptors (Lipinski definition) is 4. The molecule has 3 rings (SSSR count). The number of aromatic amines is 1. The van der Waals surface area contributed by atoms with E-state index in [4.69, 9.17) is 12.2 Å². The van der Waals surface area contributed by atoms with Gasteiger partial charge in [-0.15, -0.1) is 0 Å². The van der Waals surface area contributed by atoms with Crippen molar-refractivity contribution in [3.63, 3.8) is 0 Å². The quantitative estimate of drug-likeness (QED) is 0.280. The minimum atomic E-state index is -0.141. The first kappa shape index (κ1) is 18.0. The Kier molecular flexibility index (Phi) is 5.55. The van der Waals surface area contributed by atoms with Gasteiger partial charge in [0.2, 0.25) is 0 Å². The molecule has 2 aromatic heterocycles. The fraction of sp³-hybridized carbons (Fsp3) is 0.111. The van der Waals surface area contributed by atoms with E-state index < -0.39 is 0 Å². The molecule has 8 heteroatoms. The van der Waals surface area contributed by atoms with E-state index in [1.807, 2.05) is 61.1 Å². The third-order valence-corrected chi connectivity index (χ3v) is 4.43. The summed E-state index contributed by atoms with van der Waals surface area (Å²) in [7, 11) is 0. The predicted octanol–water partition coefficient (Wildman–Crippen LogP) is 2.65. The number of thiazole rings is 1. The highest BCUT2D eigenvalue weighted by atomic mass is 32.1. The Morgan fingerprint density at radius 3 is 2.62 bits per heavy atom. The van der Waals surface area contributed by atoms with E-state index in [-0.39, 0.29) is 4.87 Å². The summed E-state index contributed by atoms with van der Waals surface area (Å²) >= 11 is 6.30. The van der Waals surface area contributed by atoms with Gasteiger partial charge in [0, 0.05) is 5.69 Å². The van der Waals surface area contributed by atoms with Crippen LogP contribution in [0.5, 0.6) is 0 Å². The number of para-hydroxylation sites is 1. The highest BCUT2D eigenvalue weighted by Crippen LogP contribution is 2.08. The molecule has 6 nitrogen and oxygen atoms in total. The van der Waals surface area contributed by atoms with Crippen LogP contribution in [0, 0.1) is 13.8 Å². The van der Waals surface area contributed by atoms with Gasteiger partial charge in [0.25, 0.3) is 0 Å². The monoisotopic (exact) mass is 384 g/mol. The van der Waals surface area contributed by atoms with E-state index in [1.54, 1.807) is 6.21 Å². The number of hydrazone groups is 1. The van der Waals surface area contributed by atoms with Crippen molar-refractivity contribution in [3.05, 3.63) is 74.5 Å². The molecule has 0 atom stereocenters. The molecule has 3 N–H and O–H groups in total. The molecule has 0 fully saturated rings. The Labute approximate surface area is 160 Å². The Bertz CT molecular complexity index is 988. The fourth-order valence-electron chi connectivity index (χ4n) is 2.48. The lowest BCUT2D eigenvalue weighted by Gasteiger charge is -2.05. The van der Waals surface area contributed by atoms with Crippen molar-refractivity contribution in [1.29, 1.82) is 0 Å². The zero-order valence-corrected chi connectivity index (χ0v) is 15.9. The van der Waals surface area contributed by atoms with Crippen LogP contribution in [-0.2, 0) is 0 Å². The van der Waals surface area contributed by atoms with Crippen LogP contribution in [0.1, 0.15) is 16.0 Å². The van der Waals surface area contributed by atoms with Crippen LogP contribution in [0.25, 0.3) is 5.82 Å². The molecule has 0 saturated carbocycles. The maximum Gasteiger partial charge on any atom is 0.390 e. The van der Waals surface area contributed by atoms with E-state index in [1.165, 1.54) is 0 Å². The maximum atomic E-state index is 11.8. The van der Waals surface area contributed by atoms with Gasteiger partial charge in [-0.25, -0.2) is 9.36 Å². The summed E-state index contributed by atoms with van der Waals surface area (Å²) in [6.07, 6.45) is 5.50. The topological polar surface area (TPSA) is 73.2 Å². The average Bonchev–Trinajstić information content (AvgIpc) is 2.96. The van der Waals surface area contributed by atoms with Crippen LogP contribution in [0.15, 0.2) is 58.7 Å². The summed E-state index contributed by atoms with van der Waals surface area (Å²) in [5, 5.41) is 7.54. The number of H-pyrrole nitrogens is 1. The van der Waals surface area contributed by atoms with Gasteiger partial charge in [0.15, 0.2) is 5.11 Å². The second-order valence-electron chi connectivity index (χ2n) is 5.72. The molecule has 0 unspecified atom stereocenters. The van der Waals surface area contributed by atoms with Crippen LogP contribution in [0.2, 0.25) is 0 Å². The normalized spacial score (nSPS) is 10.8. The zero-order valence-electron chi connectivity index (χ0n) is 14.3. The first-order valence-electron chi connectivity index (χ1n) is 7.89. The van der Waals surface area contributed by atoms with E-state index >= 15 is 0 Å². The van der Waals surface area contributed by atoms with Gasteiger partial charge in [-0.2, -0.15) is 10.1 Å². The summed E-state index contributed by atoms with van der Waals surface area (Å²) in [6.45, 7) is 4.02. The number of pyridine rings is 1. The predicted molar refractivity (Wildman–Crippen MR) is 109 cm³/mol. The second-order valence-corrected chi connectivity index (χ2v) is 7.14. The maximum absolute atomic E-state index is 11.8. The SMILES string of the molecule is Cc1cc(C)c[n+](-c2[nH]c(=O)sc2/C=N/NC(=S)Nc2ccccc2)c1. The van der Waals surface area contributed by atoms with Gasteiger partial charge in [0.1, 0.15) is 4.88 Å². The lowest BCUT2D eigenvalue weighted by atomic mass is 10.2. The Balaban J connectivity index is 1.75. The highest BCUT2D eigenvalue weighted by Gasteiger charge is 2.16. The van der Waals surface area contributed by atoms with E-state index in [0.29, 0.717) is 15.8 Å². The molecule has 1 aromatic carbocycles. The van der Waals surface area contributed by atoms with E-state index in [2.05, 4.69) is 26.9 Å². The molecule has 26 heavy (non-hydrogen) atoms. The zero-order chi connectivity index (χ0) is 18.5. The van der Waals surface area contributed by atoms with Crippen molar-refractivity contribution in [2.24, 2.45) is 5.10 Å². The van der Waals surface area contributed by atoms with Crippen LogP contribution in [-0.4, -0.2) is 16.3 Å². The molecule has 0 bridgehead atoms. The Hall–Kier alpha value is -2.84. The molecule has 0 aliphatic rings. The Morgan fingerprint density at radius 1 is 1.23 bits per heavy atom. The van der Waals surface area contributed by atoms with Crippen LogP contribution in [0.3, 0.4) is 0 Å². The van der Waals surface area contributed by atoms with Crippen molar-refractivity contribution in [3.8, 4) is 5.82 Å². The van der Waals surface area contributed by atoms with Crippen LogP contribution < -0.4 is 20.2 Å². The van der Waals surface area contributed by atoms with Crippen LogP contribution in [0.4, 0.5) is 5.69 Å².